The van der Waals surface area contributed by atoms with E-state index in [0.717, 1.165) is 18.4 Å². The van der Waals surface area contributed by atoms with Gasteiger partial charge in [-0.1, -0.05) is 37.6 Å². The molecule has 0 saturated heterocycles. The first-order valence-corrected chi connectivity index (χ1v) is 9.19. The largest absolute Gasteiger partial charge is 0.478 e. The molecule has 2 aromatic rings. The summed E-state index contributed by atoms with van der Waals surface area (Å²) in [6.07, 6.45) is 1.94. The first-order chi connectivity index (χ1) is 13.4. The molecule has 0 aliphatic heterocycles. The van der Waals surface area contributed by atoms with Crippen LogP contribution in [0.25, 0.3) is 0 Å². The molecule has 1 amide bonds. The lowest BCUT2D eigenvalue weighted by molar-refractivity contribution is -0.118. The summed E-state index contributed by atoms with van der Waals surface area (Å²) in [5.74, 6) is -1.66. The summed E-state index contributed by atoms with van der Waals surface area (Å²) < 4.78 is 4.84. The van der Waals surface area contributed by atoms with Crippen molar-refractivity contribution in [2.45, 2.75) is 39.7 Å². The second kappa shape index (κ2) is 9.69. The molecule has 0 unspecified atom stereocenters. The van der Waals surface area contributed by atoms with E-state index in [0.29, 0.717) is 23.2 Å². The van der Waals surface area contributed by atoms with E-state index in [1.54, 1.807) is 35.2 Å². The van der Waals surface area contributed by atoms with Crippen LogP contribution in [0.3, 0.4) is 0 Å². The number of ether oxygens (including phenoxy) is 1. The number of carbonyl (C=O) groups is 3. The predicted molar refractivity (Wildman–Crippen MR) is 107 cm³/mol. The van der Waals surface area contributed by atoms with Gasteiger partial charge in [-0.25, -0.2) is 9.59 Å². The van der Waals surface area contributed by atoms with Crippen molar-refractivity contribution in [2.24, 2.45) is 0 Å². The van der Waals surface area contributed by atoms with Crippen LogP contribution in [-0.4, -0.2) is 30.1 Å². The summed E-state index contributed by atoms with van der Waals surface area (Å²) in [6, 6.07) is 11.6. The number of aromatic carboxylic acids is 1. The van der Waals surface area contributed by atoms with Crippen LogP contribution in [0.4, 0.5) is 5.69 Å². The minimum atomic E-state index is -1.06. The zero-order valence-corrected chi connectivity index (χ0v) is 16.4. The van der Waals surface area contributed by atoms with Gasteiger partial charge in [-0.3, -0.25) is 4.79 Å². The Kier molecular flexibility index (Phi) is 7.32. The Bertz CT molecular complexity index is 875. The van der Waals surface area contributed by atoms with E-state index in [-0.39, 0.29) is 18.0 Å². The fourth-order valence-electron chi connectivity index (χ4n) is 2.94. The highest BCUT2D eigenvalue weighted by Gasteiger charge is 2.22. The van der Waals surface area contributed by atoms with Crippen LogP contribution in [0.1, 0.15) is 58.0 Å². The van der Waals surface area contributed by atoms with E-state index in [4.69, 9.17) is 4.74 Å². The third-order valence-electron chi connectivity index (χ3n) is 4.54. The third kappa shape index (κ3) is 4.97. The number of anilines is 1. The van der Waals surface area contributed by atoms with E-state index in [2.05, 4.69) is 0 Å². The highest BCUT2D eigenvalue weighted by molar-refractivity contribution is 5.97. The number of rotatable bonds is 8. The van der Waals surface area contributed by atoms with Crippen LogP contribution in [0.15, 0.2) is 42.5 Å². The fourth-order valence-corrected chi connectivity index (χ4v) is 2.94. The SMILES string of the molecule is CCCCC(=O)N(Cc1ccccc1C(=O)OC)c1cc(C(=O)O)ccc1C. The monoisotopic (exact) mass is 383 g/mol. The Labute approximate surface area is 164 Å². The number of nitrogens with zero attached hydrogens (tertiary/aromatic N) is 1. The van der Waals surface area contributed by atoms with Gasteiger partial charge in [0.1, 0.15) is 0 Å². The topological polar surface area (TPSA) is 83.9 Å². The van der Waals surface area contributed by atoms with Crippen molar-refractivity contribution in [1.29, 1.82) is 0 Å². The Hall–Kier alpha value is -3.15. The molecule has 0 atom stereocenters. The van der Waals surface area contributed by atoms with Crippen molar-refractivity contribution < 1.29 is 24.2 Å². The maximum absolute atomic E-state index is 13.0. The van der Waals surface area contributed by atoms with Crippen LogP contribution in [0.2, 0.25) is 0 Å². The van der Waals surface area contributed by atoms with Crippen molar-refractivity contribution in [3.05, 3.63) is 64.7 Å². The number of carboxylic acid groups (broad SMARTS) is 1. The summed E-state index contributed by atoms with van der Waals surface area (Å²) in [7, 11) is 1.31. The lowest BCUT2D eigenvalue weighted by Gasteiger charge is -2.26. The fraction of sp³-hybridized carbons (Fsp3) is 0.318. The molecule has 0 aliphatic rings. The summed E-state index contributed by atoms with van der Waals surface area (Å²) in [5.41, 5.74) is 2.44. The highest BCUT2D eigenvalue weighted by atomic mass is 16.5. The number of methoxy groups -OCH3 is 1. The van der Waals surface area contributed by atoms with Gasteiger partial charge >= 0.3 is 11.9 Å². The number of unbranched alkanes of at least 4 members (excludes halogenated alkanes) is 1. The van der Waals surface area contributed by atoms with Gasteiger partial charge in [0.25, 0.3) is 0 Å². The van der Waals surface area contributed by atoms with E-state index in [9.17, 15) is 19.5 Å². The summed E-state index contributed by atoms with van der Waals surface area (Å²) >= 11 is 0. The van der Waals surface area contributed by atoms with Gasteiger partial charge in [0.15, 0.2) is 0 Å². The molecule has 6 heteroatoms. The molecule has 0 aliphatic carbocycles. The first-order valence-electron chi connectivity index (χ1n) is 9.19. The molecule has 0 radical (unpaired) electrons. The number of aryl methyl sites for hydroxylation is 1. The molecule has 0 saturated carbocycles. The Balaban J connectivity index is 2.51. The van der Waals surface area contributed by atoms with E-state index in [1.165, 1.54) is 19.2 Å². The molecule has 6 nitrogen and oxygen atoms in total. The number of benzene rings is 2. The smallest absolute Gasteiger partial charge is 0.338 e. The van der Waals surface area contributed by atoms with Crippen LogP contribution >= 0.6 is 0 Å². The van der Waals surface area contributed by atoms with E-state index < -0.39 is 11.9 Å². The van der Waals surface area contributed by atoms with Gasteiger partial charge in [-0.15, -0.1) is 0 Å². The van der Waals surface area contributed by atoms with Crippen molar-refractivity contribution in [2.75, 3.05) is 12.0 Å². The van der Waals surface area contributed by atoms with Crippen LogP contribution < -0.4 is 4.90 Å². The molecule has 0 spiro atoms. The van der Waals surface area contributed by atoms with Gasteiger partial charge < -0.3 is 14.7 Å². The maximum atomic E-state index is 13.0. The summed E-state index contributed by atoms with van der Waals surface area (Å²) in [5, 5.41) is 9.34. The number of carbonyl (C=O) groups excluding carboxylic acids is 2. The normalized spacial score (nSPS) is 10.4. The summed E-state index contributed by atoms with van der Waals surface area (Å²) in [4.78, 5) is 38.0. The number of hydrogen-bond acceptors (Lipinski definition) is 4. The molecule has 2 rings (SSSR count). The number of hydrogen-bond donors (Lipinski definition) is 1. The minimum Gasteiger partial charge on any atom is -0.478 e. The zero-order valence-electron chi connectivity index (χ0n) is 16.4. The van der Waals surface area contributed by atoms with Gasteiger partial charge in [-0.2, -0.15) is 0 Å². The number of esters is 1. The lowest BCUT2D eigenvalue weighted by Crippen LogP contribution is -2.31. The maximum Gasteiger partial charge on any atom is 0.338 e. The minimum absolute atomic E-state index is 0.107. The third-order valence-corrected chi connectivity index (χ3v) is 4.54. The lowest BCUT2D eigenvalue weighted by atomic mass is 10.0. The number of amides is 1. The first kappa shape index (κ1) is 21.2. The zero-order chi connectivity index (χ0) is 20.7. The molecule has 0 aromatic heterocycles. The van der Waals surface area contributed by atoms with E-state index in [1.807, 2.05) is 13.8 Å². The highest BCUT2D eigenvalue weighted by Crippen LogP contribution is 2.26. The second-order valence-corrected chi connectivity index (χ2v) is 6.54. The van der Waals surface area contributed by atoms with Gasteiger partial charge in [-0.05, 0) is 42.7 Å². The van der Waals surface area contributed by atoms with Crippen LogP contribution in [0, 0.1) is 6.92 Å². The van der Waals surface area contributed by atoms with Crippen molar-refractivity contribution in [3.8, 4) is 0 Å². The summed E-state index contributed by atoms with van der Waals surface area (Å²) in [6.45, 7) is 3.98. The van der Waals surface area contributed by atoms with Crippen LogP contribution in [-0.2, 0) is 16.1 Å². The molecule has 0 heterocycles. The average molecular weight is 383 g/mol. The molecule has 148 valence electrons. The molecule has 2 aromatic carbocycles. The molecule has 28 heavy (non-hydrogen) atoms. The van der Waals surface area contributed by atoms with Crippen molar-refractivity contribution in [3.63, 3.8) is 0 Å². The van der Waals surface area contributed by atoms with Gasteiger partial charge in [0, 0.05) is 12.1 Å². The van der Waals surface area contributed by atoms with Crippen molar-refractivity contribution in [1.82, 2.24) is 0 Å². The number of carboxylic acids is 1. The molecule has 0 bridgehead atoms. The molecular weight excluding hydrogens is 358 g/mol. The molecule has 0 fully saturated rings. The van der Waals surface area contributed by atoms with Crippen LogP contribution in [0.5, 0.6) is 0 Å². The Morgan fingerprint density at radius 2 is 1.82 bits per heavy atom. The quantitative estimate of drug-likeness (QED) is 0.691. The molecular formula is C22H25NO5. The van der Waals surface area contributed by atoms with Crippen molar-refractivity contribution >= 4 is 23.5 Å². The Morgan fingerprint density at radius 1 is 1.11 bits per heavy atom. The van der Waals surface area contributed by atoms with E-state index >= 15 is 0 Å². The standard InChI is InChI=1S/C22H25NO5/c1-4-5-10-20(24)23(19-13-16(21(25)26)12-11-15(19)2)14-17-8-6-7-9-18(17)22(27)28-3/h6-9,11-13H,4-5,10,14H2,1-3H3,(H,25,26). The second-order valence-electron chi connectivity index (χ2n) is 6.54. The van der Waals surface area contributed by atoms with Gasteiger partial charge in [0.2, 0.25) is 5.91 Å². The average Bonchev–Trinajstić information content (AvgIpc) is 2.70. The van der Waals surface area contributed by atoms with Gasteiger partial charge in [0.05, 0.1) is 24.8 Å². The Morgan fingerprint density at radius 3 is 2.46 bits per heavy atom. The predicted octanol–water partition coefficient (Wildman–Crippen LogP) is 4.20. The molecule has 1 N–H and O–H groups in total.